The molecule has 3 heteroatoms. The van der Waals surface area contributed by atoms with Crippen molar-refractivity contribution in [3.63, 3.8) is 0 Å². The first kappa shape index (κ1) is 15.0. The zero-order valence-electron chi connectivity index (χ0n) is 11.9. The summed E-state index contributed by atoms with van der Waals surface area (Å²) in [6.07, 6.45) is 1.17. The van der Waals surface area contributed by atoms with Gasteiger partial charge < -0.3 is 15.0 Å². The van der Waals surface area contributed by atoms with Crippen molar-refractivity contribution in [2.24, 2.45) is 0 Å². The molecule has 1 aromatic carbocycles. The van der Waals surface area contributed by atoms with Gasteiger partial charge in [-0.25, -0.2) is 0 Å². The number of rotatable bonds is 9. The largest absolute Gasteiger partial charge is 0.380 e. The summed E-state index contributed by atoms with van der Waals surface area (Å²) in [6, 6.07) is 8.56. The summed E-state index contributed by atoms with van der Waals surface area (Å²) in [6.45, 7) is 8.71. The minimum atomic E-state index is 0.781. The average molecular weight is 250 g/mol. The molecule has 0 heterocycles. The Balaban J connectivity index is 2.56. The normalized spacial score (nSPS) is 10.6. The topological polar surface area (TPSA) is 24.5 Å². The van der Waals surface area contributed by atoms with Gasteiger partial charge in [0.2, 0.25) is 0 Å². The minimum absolute atomic E-state index is 0.781. The molecule has 0 saturated carbocycles. The fourth-order valence-electron chi connectivity index (χ4n) is 1.90. The Morgan fingerprint density at radius 1 is 1.22 bits per heavy atom. The molecule has 0 spiro atoms. The van der Waals surface area contributed by atoms with Crippen LogP contribution in [0.25, 0.3) is 0 Å². The highest BCUT2D eigenvalue weighted by Gasteiger charge is 2.06. The zero-order valence-corrected chi connectivity index (χ0v) is 11.9. The van der Waals surface area contributed by atoms with Gasteiger partial charge in [0.25, 0.3) is 0 Å². The van der Waals surface area contributed by atoms with E-state index in [2.05, 4.69) is 48.5 Å². The molecule has 0 aliphatic heterocycles. The maximum atomic E-state index is 5.41. The van der Waals surface area contributed by atoms with E-state index in [0.29, 0.717) is 0 Å². The molecule has 0 aliphatic rings. The molecule has 1 aromatic rings. The van der Waals surface area contributed by atoms with Gasteiger partial charge in [0.1, 0.15) is 0 Å². The van der Waals surface area contributed by atoms with E-state index >= 15 is 0 Å². The number of nitrogens with zero attached hydrogens (tertiary/aromatic N) is 1. The fraction of sp³-hybridized carbons (Fsp3) is 0.600. The molecule has 0 unspecified atom stereocenters. The molecular formula is C15H26N2O. The molecule has 0 aliphatic carbocycles. The number of para-hydroxylation sites is 1. The van der Waals surface area contributed by atoms with Gasteiger partial charge in [0.15, 0.2) is 0 Å². The maximum absolute atomic E-state index is 5.41. The Morgan fingerprint density at radius 2 is 2.00 bits per heavy atom. The van der Waals surface area contributed by atoms with Crippen LogP contribution in [0.15, 0.2) is 24.3 Å². The van der Waals surface area contributed by atoms with Crippen molar-refractivity contribution < 1.29 is 4.74 Å². The lowest BCUT2D eigenvalue weighted by atomic mass is 10.1. The zero-order chi connectivity index (χ0) is 13.2. The van der Waals surface area contributed by atoms with Crippen LogP contribution in [0, 0.1) is 0 Å². The minimum Gasteiger partial charge on any atom is -0.380 e. The highest BCUT2D eigenvalue weighted by Crippen LogP contribution is 2.18. The summed E-state index contributed by atoms with van der Waals surface area (Å²) >= 11 is 0. The van der Waals surface area contributed by atoms with E-state index in [-0.39, 0.29) is 0 Å². The van der Waals surface area contributed by atoms with Crippen LogP contribution < -0.4 is 10.2 Å². The molecule has 18 heavy (non-hydrogen) atoms. The number of likely N-dealkylation sites (N-methyl/N-ethyl adjacent to an activating group) is 1. The first-order valence-corrected chi connectivity index (χ1v) is 6.87. The van der Waals surface area contributed by atoms with Crippen LogP contribution in [0.4, 0.5) is 5.69 Å². The number of benzene rings is 1. The Labute approximate surface area is 111 Å². The molecule has 102 valence electrons. The second kappa shape index (κ2) is 8.95. The second-order valence-electron chi connectivity index (χ2n) is 4.42. The lowest BCUT2D eigenvalue weighted by molar-refractivity contribution is 0.154. The van der Waals surface area contributed by atoms with Crippen molar-refractivity contribution >= 4 is 5.69 Å². The molecule has 1 rings (SSSR count). The Bertz CT molecular complexity index is 328. The maximum Gasteiger partial charge on any atom is 0.0641 e. The van der Waals surface area contributed by atoms with Crippen LogP contribution in [0.3, 0.4) is 0 Å². The second-order valence-corrected chi connectivity index (χ2v) is 4.42. The number of anilines is 1. The first-order valence-electron chi connectivity index (χ1n) is 6.87. The van der Waals surface area contributed by atoms with Gasteiger partial charge in [-0.2, -0.15) is 0 Å². The van der Waals surface area contributed by atoms with Gasteiger partial charge in [-0.05, 0) is 31.5 Å². The number of hydrogen-bond acceptors (Lipinski definition) is 3. The average Bonchev–Trinajstić information content (AvgIpc) is 2.40. The van der Waals surface area contributed by atoms with Crippen molar-refractivity contribution in [1.29, 1.82) is 0 Å². The quantitative estimate of drug-likeness (QED) is 0.682. The number of ether oxygens (including phenoxy) is 1. The van der Waals surface area contributed by atoms with Gasteiger partial charge in [-0.15, -0.1) is 0 Å². The molecule has 0 bridgehead atoms. The van der Waals surface area contributed by atoms with Crippen molar-refractivity contribution in [2.45, 2.75) is 26.8 Å². The lowest BCUT2D eigenvalue weighted by Gasteiger charge is -2.22. The Hall–Kier alpha value is -1.06. The van der Waals surface area contributed by atoms with E-state index in [4.69, 9.17) is 4.74 Å². The third-order valence-electron chi connectivity index (χ3n) is 2.92. The van der Waals surface area contributed by atoms with Gasteiger partial charge in [0.05, 0.1) is 6.61 Å². The molecule has 0 saturated heterocycles. The summed E-state index contributed by atoms with van der Waals surface area (Å²) in [5, 5.41) is 3.46. The number of hydrogen-bond donors (Lipinski definition) is 1. The van der Waals surface area contributed by atoms with E-state index in [1.165, 1.54) is 17.7 Å². The van der Waals surface area contributed by atoms with E-state index in [0.717, 1.165) is 32.8 Å². The van der Waals surface area contributed by atoms with Crippen LogP contribution in [0.5, 0.6) is 0 Å². The van der Waals surface area contributed by atoms with Gasteiger partial charge in [-0.3, -0.25) is 0 Å². The van der Waals surface area contributed by atoms with Gasteiger partial charge in [0, 0.05) is 32.4 Å². The van der Waals surface area contributed by atoms with Crippen LogP contribution in [0.2, 0.25) is 0 Å². The Morgan fingerprint density at radius 3 is 2.72 bits per heavy atom. The van der Waals surface area contributed by atoms with Crippen LogP contribution in [-0.4, -0.2) is 33.4 Å². The SMILES string of the molecule is CCCNCc1ccccc1N(C)CCOCC. The summed E-state index contributed by atoms with van der Waals surface area (Å²) in [5.74, 6) is 0. The van der Waals surface area contributed by atoms with E-state index in [9.17, 15) is 0 Å². The smallest absolute Gasteiger partial charge is 0.0641 e. The summed E-state index contributed by atoms with van der Waals surface area (Å²) < 4.78 is 5.41. The first-order chi connectivity index (χ1) is 8.79. The summed E-state index contributed by atoms with van der Waals surface area (Å²) in [7, 11) is 2.12. The molecule has 3 nitrogen and oxygen atoms in total. The lowest BCUT2D eigenvalue weighted by Crippen LogP contribution is -2.25. The predicted octanol–water partition coefficient (Wildman–Crippen LogP) is 2.66. The van der Waals surface area contributed by atoms with Gasteiger partial charge in [-0.1, -0.05) is 25.1 Å². The highest BCUT2D eigenvalue weighted by molar-refractivity contribution is 5.52. The van der Waals surface area contributed by atoms with Gasteiger partial charge >= 0.3 is 0 Å². The monoisotopic (exact) mass is 250 g/mol. The van der Waals surface area contributed by atoms with Crippen molar-refractivity contribution in [3.05, 3.63) is 29.8 Å². The molecule has 0 radical (unpaired) electrons. The molecule has 0 fully saturated rings. The van der Waals surface area contributed by atoms with Crippen LogP contribution in [0.1, 0.15) is 25.8 Å². The highest BCUT2D eigenvalue weighted by atomic mass is 16.5. The van der Waals surface area contributed by atoms with E-state index < -0.39 is 0 Å². The molecule has 0 amide bonds. The molecular weight excluding hydrogens is 224 g/mol. The Kier molecular flexibility index (Phi) is 7.46. The standard InChI is InChI=1S/C15H26N2O/c1-4-10-16-13-14-8-6-7-9-15(14)17(3)11-12-18-5-2/h6-9,16H,4-5,10-13H2,1-3H3. The third-order valence-corrected chi connectivity index (χ3v) is 2.92. The summed E-state index contributed by atoms with van der Waals surface area (Å²) in [5.41, 5.74) is 2.64. The predicted molar refractivity (Wildman–Crippen MR) is 78.2 cm³/mol. The third kappa shape index (κ3) is 5.07. The van der Waals surface area contributed by atoms with Crippen molar-refractivity contribution in [3.8, 4) is 0 Å². The van der Waals surface area contributed by atoms with Crippen LogP contribution >= 0.6 is 0 Å². The summed E-state index contributed by atoms with van der Waals surface area (Å²) in [4.78, 5) is 2.26. The van der Waals surface area contributed by atoms with Crippen molar-refractivity contribution in [2.75, 3.05) is 38.3 Å². The van der Waals surface area contributed by atoms with E-state index in [1.54, 1.807) is 0 Å². The number of nitrogens with one attached hydrogen (secondary N) is 1. The molecule has 1 N–H and O–H groups in total. The van der Waals surface area contributed by atoms with Crippen LogP contribution in [-0.2, 0) is 11.3 Å². The van der Waals surface area contributed by atoms with Crippen molar-refractivity contribution in [1.82, 2.24) is 5.32 Å². The van der Waals surface area contributed by atoms with E-state index in [1.807, 2.05) is 6.92 Å². The molecule has 0 aromatic heterocycles. The fourth-order valence-corrected chi connectivity index (χ4v) is 1.90. The molecule has 0 atom stereocenters.